The molecule has 1 saturated heterocycles. The molecule has 0 bridgehead atoms. The number of nitrogens with zero attached hydrogens (tertiary/aromatic N) is 1. The van der Waals surface area contributed by atoms with Crippen LogP contribution in [-0.2, 0) is 20.9 Å². The lowest BCUT2D eigenvalue weighted by molar-refractivity contribution is -0.144. The van der Waals surface area contributed by atoms with E-state index in [2.05, 4.69) is 12.1 Å². The highest BCUT2D eigenvalue weighted by atomic mass is 16.5. The average molecular weight is 338 g/mol. The van der Waals surface area contributed by atoms with Gasteiger partial charge in [-0.2, -0.15) is 0 Å². The van der Waals surface area contributed by atoms with Gasteiger partial charge in [0, 0.05) is 13.2 Å². The highest BCUT2D eigenvalue weighted by molar-refractivity contribution is 5.86. The van der Waals surface area contributed by atoms with Gasteiger partial charge in [-0.1, -0.05) is 54.6 Å². The van der Waals surface area contributed by atoms with Gasteiger partial charge in [-0.15, -0.1) is 0 Å². The van der Waals surface area contributed by atoms with Crippen molar-refractivity contribution in [3.8, 4) is 11.1 Å². The molecule has 1 unspecified atom stereocenters. The predicted octanol–water partition coefficient (Wildman–Crippen LogP) is 2.35. The number of nitrogens with two attached hydrogens (primary N) is 1. The molecule has 2 N–H and O–H groups in total. The summed E-state index contributed by atoms with van der Waals surface area (Å²) in [6, 6.07) is 18.1. The van der Waals surface area contributed by atoms with Gasteiger partial charge in [-0.3, -0.25) is 9.59 Å². The number of primary amides is 1. The van der Waals surface area contributed by atoms with Crippen LogP contribution < -0.4 is 5.73 Å². The molecule has 130 valence electrons. The first-order chi connectivity index (χ1) is 12.1. The molecule has 1 fully saturated rings. The normalized spacial score (nSPS) is 16.6. The van der Waals surface area contributed by atoms with Crippen LogP contribution in [0.2, 0.25) is 0 Å². The molecule has 2 aromatic rings. The standard InChI is InChI=1S/C20H22N2O3/c21-19(23)14-22(20(24)18-7-4-12-25-18)13-15-8-10-17(11-9-15)16-5-2-1-3-6-16/h1-3,5-6,8-11,18H,4,7,12-14H2,(H2,21,23). The van der Waals surface area contributed by atoms with Gasteiger partial charge in [0.2, 0.25) is 5.91 Å². The first-order valence-electron chi connectivity index (χ1n) is 8.46. The molecule has 3 rings (SSSR count). The van der Waals surface area contributed by atoms with E-state index in [1.165, 1.54) is 4.90 Å². The highest BCUT2D eigenvalue weighted by Crippen LogP contribution is 2.21. The van der Waals surface area contributed by atoms with E-state index < -0.39 is 12.0 Å². The number of carbonyl (C=O) groups excluding carboxylic acids is 2. The SMILES string of the molecule is NC(=O)CN(Cc1ccc(-c2ccccc2)cc1)C(=O)C1CCCO1. The van der Waals surface area contributed by atoms with Crippen LogP contribution in [-0.4, -0.2) is 36.0 Å². The van der Waals surface area contributed by atoms with Gasteiger partial charge in [0.1, 0.15) is 6.10 Å². The number of hydrogen-bond donors (Lipinski definition) is 1. The van der Waals surface area contributed by atoms with Gasteiger partial charge >= 0.3 is 0 Å². The number of ether oxygens (including phenoxy) is 1. The Bertz CT molecular complexity index is 722. The van der Waals surface area contributed by atoms with E-state index in [0.29, 0.717) is 19.6 Å². The minimum atomic E-state index is -0.521. The first-order valence-corrected chi connectivity index (χ1v) is 8.46. The molecule has 1 aliphatic rings. The third-order valence-corrected chi connectivity index (χ3v) is 4.30. The summed E-state index contributed by atoms with van der Waals surface area (Å²) in [4.78, 5) is 25.4. The summed E-state index contributed by atoms with van der Waals surface area (Å²) in [7, 11) is 0. The Morgan fingerprint density at radius 2 is 1.72 bits per heavy atom. The van der Waals surface area contributed by atoms with Crippen molar-refractivity contribution in [3.63, 3.8) is 0 Å². The van der Waals surface area contributed by atoms with E-state index in [1.54, 1.807) is 0 Å². The topological polar surface area (TPSA) is 72.6 Å². The van der Waals surface area contributed by atoms with Gasteiger partial charge in [0.25, 0.3) is 5.91 Å². The Balaban J connectivity index is 1.72. The van der Waals surface area contributed by atoms with Gasteiger partial charge in [0.15, 0.2) is 0 Å². The summed E-state index contributed by atoms with van der Waals surface area (Å²) >= 11 is 0. The van der Waals surface area contributed by atoms with Crippen LogP contribution in [0.4, 0.5) is 0 Å². The molecule has 0 radical (unpaired) electrons. The van der Waals surface area contributed by atoms with Crippen molar-refractivity contribution < 1.29 is 14.3 Å². The Morgan fingerprint density at radius 3 is 2.32 bits per heavy atom. The summed E-state index contributed by atoms with van der Waals surface area (Å²) in [5, 5.41) is 0. The Hall–Kier alpha value is -2.66. The molecule has 0 aliphatic carbocycles. The molecule has 2 aromatic carbocycles. The second kappa shape index (κ2) is 7.94. The molecule has 5 nitrogen and oxygen atoms in total. The van der Waals surface area contributed by atoms with Crippen molar-refractivity contribution in [2.75, 3.05) is 13.2 Å². The van der Waals surface area contributed by atoms with E-state index in [0.717, 1.165) is 23.1 Å². The van der Waals surface area contributed by atoms with Crippen LogP contribution in [0.1, 0.15) is 18.4 Å². The van der Waals surface area contributed by atoms with Crippen LogP contribution >= 0.6 is 0 Å². The molecule has 1 aliphatic heterocycles. The highest BCUT2D eigenvalue weighted by Gasteiger charge is 2.29. The van der Waals surface area contributed by atoms with E-state index in [4.69, 9.17) is 10.5 Å². The van der Waals surface area contributed by atoms with Crippen LogP contribution in [0, 0.1) is 0 Å². The third kappa shape index (κ3) is 4.45. The minimum absolute atomic E-state index is 0.0981. The van der Waals surface area contributed by atoms with Crippen LogP contribution in [0.5, 0.6) is 0 Å². The zero-order valence-corrected chi connectivity index (χ0v) is 14.1. The molecular formula is C20H22N2O3. The Labute approximate surface area is 147 Å². The average Bonchev–Trinajstić information content (AvgIpc) is 3.16. The van der Waals surface area contributed by atoms with E-state index >= 15 is 0 Å². The molecular weight excluding hydrogens is 316 g/mol. The van der Waals surface area contributed by atoms with Crippen molar-refractivity contribution in [1.29, 1.82) is 0 Å². The molecule has 2 amide bonds. The van der Waals surface area contributed by atoms with Crippen molar-refractivity contribution in [1.82, 2.24) is 4.90 Å². The zero-order chi connectivity index (χ0) is 17.6. The van der Waals surface area contributed by atoms with Crippen molar-refractivity contribution in [2.24, 2.45) is 5.73 Å². The summed E-state index contributed by atoms with van der Waals surface area (Å²) < 4.78 is 5.45. The second-order valence-electron chi connectivity index (χ2n) is 6.23. The number of benzene rings is 2. The maximum atomic E-state index is 12.6. The summed E-state index contributed by atoms with van der Waals surface area (Å²) in [6.45, 7) is 0.836. The number of carbonyl (C=O) groups is 2. The number of hydrogen-bond acceptors (Lipinski definition) is 3. The summed E-state index contributed by atoms with van der Waals surface area (Å²) in [6.07, 6.45) is 1.11. The molecule has 0 saturated carbocycles. The van der Waals surface area contributed by atoms with Crippen LogP contribution in [0.15, 0.2) is 54.6 Å². The van der Waals surface area contributed by atoms with Crippen LogP contribution in [0.3, 0.4) is 0 Å². The Kier molecular flexibility index (Phi) is 5.46. The van der Waals surface area contributed by atoms with Gasteiger partial charge in [-0.25, -0.2) is 0 Å². The summed E-state index contributed by atoms with van der Waals surface area (Å²) in [5.41, 5.74) is 8.51. The summed E-state index contributed by atoms with van der Waals surface area (Å²) in [5.74, 6) is -0.685. The Morgan fingerprint density at radius 1 is 1.04 bits per heavy atom. The number of rotatable bonds is 6. The fraction of sp³-hybridized carbons (Fsp3) is 0.300. The monoisotopic (exact) mass is 338 g/mol. The molecule has 5 heteroatoms. The molecule has 1 heterocycles. The molecule has 25 heavy (non-hydrogen) atoms. The first kappa shape index (κ1) is 17.2. The molecule has 0 aromatic heterocycles. The zero-order valence-electron chi connectivity index (χ0n) is 14.1. The quantitative estimate of drug-likeness (QED) is 0.879. The lowest BCUT2D eigenvalue weighted by Gasteiger charge is -2.24. The van der Waals surface area contributed by atoms with Gasteiger partial charge < -0.3 is 15.4 Å². The van der Waals surface area contributed by atoms with Gasteiger partial charge in [0.05, 0.1) is 6.54 Å². The van der Waals surface area contributed by atoms with Crippen molar-refractivity contribution in [3.05, 3.63) is 60.2 Å². The maximum Gasteiger partial charge on any atom is 0.252 e. The predicted molar refractivity (Wildman–Crippen MR) is 95.5 cm³/mol. The van der Waals surface area contributed by atoms with Crippen LogP contribution in [0.25, 0.3) is 11.1 Å². The fourth-order valence-corrected chi connectivity index (χ4v) is 3.03. The fourth-order valence-electron chi connectivity index (χ4n) is 3.03. The van der Waals surface area contributed by atoms with E-state index in [1.807, 2.05) is 42.5 Å². The minimum Gasteiger partial charge on any atom is -0.368 e. The largest absolute Gasteiger partial charge is 0.368 e. The van der Waals surface area contributed by atoms with Crippen molar-refractivity contribution >= 4 is 11.8 Å². The van der Waals surface area contributed by atoms with E-state index in [9.17, 15) is 9.59 Å². The lowest BCUT2D eigenvalue weighted by atomic mass is 10.0. The van der Waals surface area contributed by atoms with Gasteiger partial charge in [-0.05, 0) is 29.5 Å². The molecule has 1 atom stereocenters. The molecule has 0 spiro atoms. The van der Waals surface area contributed by atoms with Crippen molar-refractivity contribution in [2.45, 2.75) is 25.5 Å². The maximum absolute atomic E-state index is 12.6. The number of amides is 2. The second-order valence-corrected chi connectivity index (χ2v) is 6.23. The third-order valence-electron chi connectivity index (χ3n) is 4.30. The lowest BCUT2D eigenvalue weighted by Crippen LogP contribution is -2.43. The van der Waals surface area contributed by atoms with E-state index in [-0.39, 0.29) is 12.5 Å². The smallest absolute Gasteiger partial charge is 0.252 e.